The minimum Gasteiger partial charge on any atom is -0.744 e. The molecule has 7 nitrogen and oxygen atoms in total. The first-order chi connectivity index (χ1) is 12.7. The molecule has 0 saturated heterocycles. The van der Waals surface area contributed by atoms with Crippen LogP contribution in [0.5, 0.6) is 11.5 Å². The Morgan fingerprint density at radius 2 is 1.61 bits per heavy atom. The Bertz CT molecular complexity index is 1140. The van der Waals surface area contributed by atoms with Crippen molar-refractivity contribution in [1.29, 1.82) is 0 Å². The quantitative estimate of drug-likeness (QED) is 0.350. The zero-order valence-electron chi connectivity index (χ0n) is 14.7. The first kappa shape index (κ1) is 21.9. The predicted octanol–water partition coefficient (Wildman–Crippen LogP) is -0.611. The van der Waals surface area contributed by atoms with Crippen LogP contribution in [0.1, 0.15) is 11.1 Å². The summed E-state index contributed by atoms with van der Waals surface area (Å²) in [5.74, 6) is -2.04. The van der Waals surface area contributed by atoms with Gasteiger partial charge in [-0.25, -0.2) is 8.42 Å². The second kappa shape index (κ2) is 8.34. The number of carbonyl (C=O) groups is 1. The van der Waals surface area contributed by atoms with Gasteiger partial charge in [-0.2, -0.15) is 0 Å². The third kappa shape index (κ3) is 4.37. The summed E-state index contributed by atoms with van der Waals surface area (Å²) in [7, 11) is -4.84. The van der Waals surface area contributed by atoms with Crippen LogP contribution in [0.3, 0.4) is 0 Å². The van der Waals surface area contributed by atoms with E-state index in [1.54, 1.807) is 0 Å². The molecule has 9 heteroatoms. The third-order valence-electron chi connectivity index (χ3n) is 3.94. The van der Waals surface area contributed by atoms with Crippen molar-refractivity contribution in [2.75, 3.05) is 0 Å². The maximum atomic E-state index is 11.7. The van der Waals surface area contributed by atoms with Gasteiger partial charge in [-0.15, -0.1) is 0 Å². The third-order valence-corrected chi connectivity index (χ3v) is 4.83. The molecule has 0 aromatic heterocycles. The van der Waals surface area contributed by atoms with Crippen LogP contribution in [0.2, 0.25) is 0 Å². The monoisotopic (exact) mass is 408 g/mol. The molecular formula is C19H13NaO7S. The molecule has 0 spiro atoms. The van der Waals surface area contributed by atoms with Crippen molar-refractivity contribution >= 4 is 21.5 Å². The summed E-state index contributed by atoms with van der Waals surface area (Å²) in [5, 5.41) is 29.1. The van der Waals surface area contributed by atoms with Crippen molar-refractivity contribution in [2.24, 2.45) is 0 Å². The molecule has 28 heavy (non-hydrogen) atoms. The number of phenolic OH excluding ortho intramolecular Hbond substituents is 2. The van der Waals surface area contributed by atoms with Crippen LogP contribution in [0, 0.1) is 0 Å². The van der Waals surface area contributed by atoms with Crippen molar-refractivity contribution in [3.63, 3.8) is 0 Å². The zero-order valence-corrected chi connectivity index (χ0v) is 17.5. The largest absolute Gasteiger partial charge is 1.00 e. The van der Waals surface area contributed by atoms with E-state index >= 15 is 0 Å². The Hall–Kier alpha value is -2.36. The molecule has 0 aliphatic heterocycles. The number of benzene rings is 2. The van der Waals surface area contributed by atoms with E-state index in [4.69, 9.17) is 0 Å². The fourth-order valence-electron chi connectivity index (χ4n) is 2.72. The molecule has 0 saturated carbocycles. The summed E-state index contributed by atoms with van der Waals surface area (Å²) < 4.78 is 35.1. The van der Waals surface area contributed by atoms with E-state index in [0.29, 0.717) is 0 Å². The van der Waals surface area contributed by atoms with Gasteiger partial charge in [-0.1, -0.05) is 30.3 Å². The first-order valence-electron chi connectivity index (χ1n) is 7.63. The van der Waals surface area contributed by atoms with Gasteiger partial charge in [0.25, 0.3) is 0 Å². The van der Waals surface area contributed by atoms with E-state index < -0.39 is 32.3 Å². The molecular weight excluding hydrogens is 395 g/mol. The molecule has 1 aliphatic rings. The van der Waals surface area contributed by atoms with Gasteiger partial charge in [-0.3, -0.25) is 4.79 Å². The van der Waals surface area contributed by atoms with Gasteiger partial charge < -0.3 is 19.9 Å². The number of allylic oxidation sites excluding steroid dienone is 4. The minimum absolute atomic E-state index is 0. The number of phenols is 2. The summed E-state index contributed by atoms with van der Waals surface area (Å²) in [6.07, 6.45) is 3.59. The molecule has 3 rings (SSSR count). The number of aliphatic hydroxyl groups is 1. The van der Waals surface area contributed by atoms with E-state index in [9.17, 15) is 33.1 Å². The second-order valence-electron chi connectivity index (χ2n) is 5.71. The smallest absolute Gasteiger partial charge is 0.744 e. The van der Waals surface area contributed by atoms with Gasteiger partial charge in [0.2, 0.25) is 5.78 Å². The first-order valence-corrected chi connectivity index (χ1v) is 9.04. The van der Waals surface area contributed by atoms with Crippen molar-refractivity contribution in [3.8, 4) is 11.5 Å². The zero-order chi connectivity index (χ0) is 19.8. The molecule has 2 aromatic rings. The van der Waals surface area contributed by atoms with Crippen LogP contribution in [-0.2, 0) is 14.9 Å². The normalized spacial score (nSPS) is 15.6. The standard InChI is InChI=1S/C19H14O7S.Na/c20-14-7-5-11(9-16(14)22)19(12-6-8-15(21)17(23)10-12)13-3-1-2-4-18(13)27(24,25)26;/h1-10,20,22-23H,(H,24,25,26);/q;+1/p-1/b19-12+;. The fourth-order valence-corrected chi connectivity index (χ4v) is 3.41. The summed E-state index contributed by atoms with van der Waals surface area (Å²) >= 11 is 0. The van der Waals surface area contributed by atoms with Crippen LogP contribution in [-0.4, -0.2) is 34.1 Å². The second-order valence-corrected chi connectivity index (χ2v) is 7.06. The van der Waals surface area contributed by atoms with E-state index in [1.807, 2.05) is 0 Å². The number of hydrogen-bond donors (Lipinski definition) is 3. The average Bonchev–Trinajstić information content (AvgIpc) is 2.61. The van der Waals surface area contributed by atoms with E-state index in [0.717, 1.165) is 18.2 Å². The molecule has 0 amide bonds. The Morgan fingerprint density at radius 3 is 2.21 bits per heavy atom. The summed E-state index contributed by atoms with van der Waals surface area (Å²) in [4.78, 5) is 11.0. The van der Waals surface area contributed by atoms with E-state index in [2.05, 4.69) is 0 Å². The van der Waals surface area contributed by atoms with Crippen molar-refractivity contribution < 1.29 is 62.6 Å². The van der Waals surface area contributed by atoms with Crippen molar-refractivity contribution in [1.82, 2.24) is 0 Å². The molecule has 3 N–H and O–H groups in total. The Morgan fingerprint density at radius 1 is 0.929 bits per heavy atom. The SMILES string of the molecule is O=C1C=C/C(=C(/c2ccc(O)c(O)c2)c2ccccc2S(=O)(=O)[O-])C=C1O.[Na+]. The van der Waals surface area contributed by atoms with E-state index in [-0.39, 0.29) is 57.6 Å². The molecule has 0 heterocycles. The molecule has 2 aromatic carbocycles. The number of hydrogen-bond acceptors (Lipinski definition) is 7. The Labute approximate surface area is 183 Å². The van der Waals surface area contributed by atoms with E-state index in [1.165, 1.54) is 42.5 Å². The minimum atomic E-state index is -4.84. The summed E-state index contributed by atoms with van der Waals surface area (Å²) in [5.41, 5.74) is 0.707. The number of ketones is 1. The molecule has 0 unspecified atom stereocenters. The average molecular weight is 408 g/mol. The van der Waals surface area contributed by atoms with Crippen LogP contribution < -0.4 is 29.6 Å². The number of rotatable bonds is 3. The van der Waals surface area contributed by atoms with Gasteiger partial charge in [0, 0.05) is 5.56 Å². The molecule has 0 fully saturated rings. The van der Waals surface area contributed by atoms with Gasteiger partial charge in [-0.05, 0) is 47.1 Å². The Balaban J connectivity index is 0.00000280. The summed E-state index contributed by atoms with van der Waals surface area (Å²) in [6.45, 7) is 0. The topological polar surface area (TPSA) is 135 Å². The van der Waals surface area contributed by atoms with Gasteiger partial charge in [0.1, 0.15) is 10.1 Å². The van der Waals surface area contributed by atoms with Gasteiger partial charge in [0.05, 0.1) is 4.90 Å². The Kier molecular flexibility index (Phi) is 6.53. The number of carbonyl (C=O) groups excluding carboxylic acids is 1. The van der Waals surface area contributed by atoms with Crippen LogP contribution in [0.25, 0.3) is 5.57 Å². The van der Waals surface area contributed by atoms with Crippen LogP contribution in [0.4, 0.5) is 0 Å². The maximum Gasteiger partial charge on any atom is 1.00 e. The molecule has 0 radical (unpaired) electrons. The molecule has 0 bridgehead atoms. The molecule has 1 aliphatic carbocycles. The maximum absolute atomic E-state index is 11.7. The van der Waals surface area contributed by atoms with Gasteiger partial charge >= 0.3 is 29.6 Å². The van der Waals surface area contributed by atoms with Gasteiger partial charge in [0.15, 0.2) is 17.3 Å². The fraction of sp³-hybridized carbons (Fsp3) is 0. The number of aromatic hydroxyl groups is 2. The van der Waals surface area contributed by atoms with Crippen LogP contribution >= 0.6 is 0 Å². The number of aliphatic hydroxyl groups excluding tert-OH is 1. The van der Waals surface area contributed by atoms with Crippen LogP contribution in [0.15, 0.2) is 76.9 Å². The predicted molar refractivity (Wildman–Crippen MR) is 95.1 cm³/mol. The summed E-state index contributed by atoms with van der Waals surface area (Å²) in [6, 6.07) is 9.22. The molecule has 0 atom stereocenters. The molecule has 138 valence electrons. The van der Waals surface area contributed by atoms with Crippen molar-refractivity contribution in [2.45, 2.75) is 4.90 Å². The van der Waals surface area contributed by atoms with Crippen molar-refractivity contribution in [3.05, 3.63) is 83.2 Å².